The number of hydrogen-bond acceptors (Lipinski definition) is 2. The number of nitrogens with one attached hydrogen (secondary N) is 1. The maximum Gasteiger partial charge on any atom is 0.308 e. The zero-order valence-corrected chi connectivity index (χ0v) is 12.6. The summed E-state index contributed by atoms with van der Waals surface area (Å²) in [7, 11) is 0. The number of likely N-dealkylation sites (tertiary alicyclic amines) is 1. The lowest BCUT2D eigenvalue weighted by Crippen LogP contribution is -2.23. The topological polar surface area (TPSA) is 56.3 Å². The third-order valence-corrected chi connectivity index (χ3v) is 4.67. The molecule has 2 atom stereocenters. The summed E-state index contributed by atoms with van der Waals surface area (Å²) >= 11 is 0. The number of carbonyl (C=O) groups is 1. The molecule has 3 rings (SSSR count). The first-order valence-electron chi connectivity index (χ1n) is 7.63. The summed E-state index contributed by atoms with van der Waals surface area (Å²) in [5.41, 5.74) is 3.81. The Kier molecular flexibility index (Phi) is 3.72. The van der Waals surface area contributed by atoms with Crippen LogP contribution in [0, 0.1) is 11.8 Å². The normalized spacial score (nSPS) is 23.0. The molecule has 112 valence electrons. The van der Waals surface area contributed by atoms with Gasteiger partial charge >= 0.3 is 5.97 Å². The Morgan fingerprint density at radius 2 is 2.19 bits per heavy atom. The number of benzene rings is 1. The van der Waals surface area contributed by atoms with Gasteiger partial charge in [-0.25, -0.2) is 0 Å². The number of nitrogens with zero attached hydrogens (tertiary/aromatic N) is 1. The van der Waals surface area contributed by atoms with Gasteiger partial charge in [0.15, 0.2) is 0 Å². The molecule has 0 bridgehead atoms. The van der Waals surface area contributed by atoms with Gasteiger partial charge in [0.05, 0.1) is 5.92 Å². The third kappa shape index (κ3) is 2.56. The fraction of sp³-hybridized carbons (Fsp3) is 0.471. The van der Waals surface area contributed by atoms with Crippen molar-refractivity contribution < 1.29 is 9.90 Å². The summed E-state index contributed by atoms with van der Waals surface area (Å²) in [6, 6.07) is 6.40. The molecule has 1 aliphatic heterocycles. The number of aromatic amines is 1. The first-order chi connectivity index (χ1) is 10.1. The van der Waals surface area contributed by atoms with Gasteiger partial charge in [-0.15, -0.1) is 0 Å². The second-order valence-electron chi connectivity index (χ2n) is 6.12. The highest BCUT2D eigenvalue weighted by atomic mass is 16.4. The molecular weight excluding hydrogens is 264 g/mol. The molecule has 0 saturated carbocycles. The van der Waals surface area contributed by atoms with Crippen LogP contribution < -0.4 is 0 Å². The van der Waals surface area contributed by atoms with Crippen molar-refractivity contribution in [2.45, 2.75) is 26.8 Å². The van der Waals surface area contributed by atoms with Crippen LogP contribution in [-0.2, 0) is 17.8 Å². The SMILES string of the molecule is CCc1cccc2c(CN3CC(C)C(C(=O)O)C3)c[nH]c12. The first kappa shape index (κ1) is 14.1. The van der Waals surface area contributed by atoms with E-state index in [1.807, 2.05) is 6.92 Å². The number of carboxylic acids is 1. The van der Waals surface area contributed by atoms with E-state index in [2.05, 4.69) is 41.2 Å². The van der Waals surface area contributed by atoms with Gasteiger partial charge in [-0.3, -0.25) is 9.69 Å². The molecule has 0 radical (unpaired) electrons. The predicted molar refractivity (Wildman–Crippen MR) is 83.2 cm³/mol. The van der Waals surface area contributed by atoms with E-state index in [0.29, 0.717) is 6.54 Å². The number of rotatable bonds is 4. The van der Waals surface area contributed by atoms with Gasteiger partial charge in [0, 0.05) is 36.7 Å². The number of aliphatic carboxylic acids is 1. The van der Waals surface area contributed by atoms with Crippen LogP contribution in [0.4, 0.5) is 0 Å². The summed E-state index contributed by atoms with van der Waals surface area (Å²) in [5, 5.41) is 10.5. The number of para-hydroxylation sites is 1. The zero-order chi connectivity index (χ0) is 15.0. The number of aromatic nitrogens is 1. The van der Waals surface area contributed by atoms with Crippen LogP contribution in [0.5, 0.6) is 0 Å². The van der Waals surface area contributed by atoms with Gasteiger partial charge in [0.2, 0.25) is 0 Å². The largest absolute Gasteiger partial charge is 0.481 e. The number of fused-ring (bicyclic) bond motifs is 1. The molecule has 2 unspecified atom stereocenters. The second kappa shape index (κ2) is 5.53. The Hall–Kier alpha value is -1.81. The second-order valence-corrected chi connectivity index (χ2v) is 6.12. The maximum atomic E-state index is 11.2. The molecule has 0 amide bonds. The molecule has 0 spiro atoms. The van der Waals surface area contributed by atoms with E-state index in [1.165, 1.54) is 22.0 Å². The summed E-state index contributed by atoms with van der Waals surface area (Å²) in [6.45, 7) is 6.52. The fourth-order valence-electron chi connectivity index (χ4n) is 3.46. The molecule has 1 aromatic carbocycles. The van der Waals surface area contributed by atoms with Crippen LogP contribution in [0.2, 0.25) is 0 Å². The predicted octanol–water partition coefficient (Wildman–Crippen LogP) is 2.88. The Labute approximate surface area is 124 Å². The van der Waals surface area contributed by atoms with E-state index in [9.17, 15) is 9.90 Å². The van der Waals surface area contributed by atoms with Crippen molar-refractivity contribution in [3.05, 3.63) is 35.5 Å². The van der Waals surface area contributed by atoms with Crippen LogP contribution >= 0.6 is 0 Å². The Bertz CT molecular complexity index is 662. The highest BCUT2D eigenvalue weighted by molar-refractivity contribution is 5.86. The minimum absolute atomic E-state index is 0.221. The van der Waals surface area contributed by atoms with Crippen LogP contribution in [0.3, 0.4) is 0 Å². The summed E-state index contributed by atoms with van der Waals surface area (Å²) in [4.78, 5) is 16.9. The molecule has 2 heterocycles. The molecule has 1 saturated heterocycles. The van der Waals surface area contributed by atoms with E-state index in [4.69, 9.17) is 0 Å². The van der Waals surface area contributed by atoms with Crippen molar-refractivity contribution in [3.8, 4) is 0 Å². The van der Waals surface area contributed by atoms with Crippen LogP contribution in [0.15, 0.2) is 24.4 Å². The van der Waals surface area contributed by atoms with Crippen molar-refractivity contribution in [2.75, 3.05) is 13.1 Å². The van der Waals surface area contributed by atoms with E-state index >= 15 is 0 Å². The quantitative estimate of drug-likeness (QED) is 0.908. The van der Waals surface area contributed by atoms with Crippen molar-refractivity contribution in [1.29, 1.82) is 0 Å². The molecule has 2 aromatic rings. The fourth-order valence-corrected chi connectivity index (χ4v) is 3.46. The van der Waals surface area contributed by atoms with Crippen molar-refractivity contribution in [3.63, 3.8) is 0 Å². The van der Waals surface area contributed by atoms with E-state index < -0.39 is 5.97 Å². The van der Waals surface area contributed by atoms with Crippen LogP contribution in [0.25, 0.3) is 10.9 Å². The molecule has 0 aliphatic carbocycles. The lowest BCUT2D eigenvalue weighted by atomic mass is 9.99. The van der Waals surface area contributed by atoms with E-state index in [0.717, 1.165) is 19.5 Å². The Balaban J connectivity index is 1.82. The molecule has 1 fully saturated rings. The smallest absolute Gasteiger partial charge is 0.308 e. The minimum Gasteiger partial charge on any atom is -0.481 e. The summed E-state index contributed by atoms with van der Waals surface area (Å²) < 4.78 is 0. The minimum atomic E-state index is -0.669. The van der Waals surface area contributed by atoms with Crippen molar-refractivity contribution >= 4 is 16.9 Å². The Morgan fingerprint density at radius 1 is 1.38 bits per heavy atom. The summed E-state index contributed by atoms with van der Waals surface area (Å²) in [5.74, 6) is -0.683. The molecule has 4 heteroatoms. The molecule has 4 nitrogen and oxygen atoms in total. The summed E-state index contributed by atoms with van der Waals surface area (Å²) in [6.07, 6.45) is 3.09. The lowest BCUT2D eigenvalue weighted by Gasteiger charge is -2.14. The first-order valence-corrected chi connectivity index (χ1v) is 7.63. The average molecular weight is 286 g/mol. The van der Waals surface area contributed by atoms with Gasteiger partial charge in [-0.2, -0.15) is 0 Å². The molecule has 1 aromatic heterocycles. The van der Waals surface area contributed by atoms with Crippen molar-refractivity contribution in [2.24, 2.45) is 11.8 Å². The van der Waals surface area contributed by atoms with Gasteiger partial charge in [0.1, 0.15) is 0 Å². The molecular formula is C17H22N2O2. The lowest BCUT2D eigenvalue weighted by molar-refractivity contribution is -0.142. The van der Waals surface area contributed by atoms with Crippen LogP contribution in [-0.4, -0.2) is 34.0 Å². The van der Waals surface area contributed by atoms with Crippen LogP contribution in [0.1, 0.15) is 25.0 Å². The number of carboxylic acid groups (broad SMARTS) is 1. The zero-order valence-electron chi connectivity index (χ0n) is 12.6. The van der Waals surface area contributed by atoms with E-state index in [1.54, 1.807) is 0 Å². The van der Waals surface area contributed by atoms with Gasteiger partial charge in [-0.1, -0.05) is 32.0 Å². The standard InChI is InChI=1S/C17H22N2O2/c1-3-12-5-4-6-14-13(7-18-16(12)14)9-19-8-11(2)15(10-19)17(20)21/h4-7,11,15,18H,3,8-10H2,1-2H3,(H,20,21). The Morgan fingerprint density at radius 3 is 2.86 bits per heavy atom. The average Bonchev–Trinajstić information content (AvgIpc) is 3.03. The monoisotopic (exact) mass is 286 g/mol. The van der Waals surface area contributed by atoms with Gasteiger partial charge in [0.25, 0.3) is 0 Å². The van der Waals surface area contributed by atoms with Gasteiger partial charge < -0.3 is 10.1 Å². The molecule has 1 aliphatic rings. The highest BCUT2D eigenvalue weighted by Gasteiger charge is 2.34. The van der Waals surface area contributed by atoms with Crippen molar-refractivity contribution in [1.82, 2.24) is 9.88 Å². The molecule has 21 heavy (non-hydrogen) atoms. The molecule has 2 N–H and O–H groups in total. The third-order valence-electron chi connectivity index (χ3n) is 4.67. The highest BCUT2D eigenvalue weighted by Crippen LogP contribution is 2.28. The van der Waals surface area contributed by atoms with Gasteiger partial charge in [-0.05, 0) is 23.5 Å². The number of hydrogen-bond donors (Lipinski definition) is 2. The number of H-pyrrole nitrogens is 1. The maximum absolute atomic E-state index is 11.2. The van der Waals surface area contributed by atoms with E-state index in [-0.39, 0.29) is 11.8 Å². The number of aryl methyl sites for hydroxylation is 1.